The first-order valence-corrected chi connectivity index (χ1v) is 10.2. The second-order valence-corrected chi connectivity index (χ2v) is 9.40. The third-order valence-corrected chi connectivity index (χ3v) is 6.34. The number of nitrogens with zero attached hydrogens (tertiary/aromatic N) is 2. The van der Waals surface area contributed by atoms with Gasteiger partial charge in [-0.3, -0.25) is 4.72 Å². The predicted octanol–water partition coefficient (Wildman–Crippen LogP) is 4.68. The molecule has 1 fully saturated rings. The van der Waals surface area contributed by atoms with Gasteiger partial charge in [0.05, 0.1) is 17.3 Å². The number of rotatable bonds is 3. The van der Waals surface area contributed by atoms with E-state index in [4.69, 9.17) is 5.10 Å². The first-order valence-electron chi connectivity index (χ1n) is 9.43. The highest BCUT2D eigenvalue weighted by Gasteiger charge is 2.29. The fourth-order valence-corrected chi connectivity index (χ4v) is 4.77. The van der Waals surface area contributed by atoms with Gasteiger partial charge in [-0.1, -0.05) is 0 Å². The molecule has 3 atom stereocenters. The average molecular weight is 373 g/mol. The van der Waals surface area contributed by atoms with Gasteiger partial charge < -0.3 is 10.4 Å². The zero-order valence-corrected chi connectivity index (χ0v) is 16.7. The van der Waals surface area contributed by atoms with Crippen LogP contribution in [0.3, 0.4) is 0 Å². The Balaban J connectivity index is 1.65. The lowest BCUT2D eigenvalue weighted by molar-refractivity contribution is 0.181. The van der Waals surface area contributed by atoms with Crippen molar-refractivity contribution in [2.75, 3.05) is 5.32 Å². The molecule has 1 aromatic heterocycles. The van der Waals surface area contributed by atoms with Crippen LogP contribution in [0.15, 0.2) is 29.2 Å². The molecule has 4 rings (SSSR count). The van der Waals surface area contributed by atoms with E-state index in [9.17, 15) is 5.11 Å². The molecule has 0 saturated heterocycles. The van der Waals surface area contributed by atoms with Crippen LogP contribution in [0.25, 0.3) is 0 Å². The van der Waals surface area contributed by atoms with E-state index in [-0.39, 0.29) is 11.6 Å². The number of nitrogens with one attached hydrogen (secondary N) is 2. The smallest absolute Gasteiger partial charge is 0.129 e. The molecule has 140 valence electrons. The molecule has 1 unspecified atom stereocenters. The van der Waals surface area contributed by atoms with E-state index in [2.05, 4.69) is 66.7 Å². The second-order valence-electron chi connectivity index (χ2n) is 8.52. The molecule has 1 saturated carbocycles. The van der Waals surface area contributed by atoms with Crippen molar-refractivity contribution in [1.82, 2.24) is 14.5 Å². The minimum Gasteiger partial charge on any atom is -0.393 e. The van der Waals surface area contributed by atoms with Gasteiger partial charge in [-0.15, -0.1) is 0 Å². The van der Waals surface area contributed by atoms with Crippen LogP contribution in [0.2, 0.25) is 0 Å². The number of aromatic nitrogens is 2. The van der Waals surface area contributed by atoms with Gasteiger partial charge in [0.2, 0.25) is 0 Å². The maximum absolute atomic E-state index is 9.89. The minimum atomic E-state index is -0.181. The van der Waals surface area contributed by atoms with Gasteiger partial charge in [0, 0.05) is 28.6 Å². The first-order chi connectivity index (χ1) is 12.3. The van der Waals surface area contributed by atoms with Gasteiger partial charge in [0.25, 0.3) is 0 Å². The summed E-state index contributed by atoms with van der Waals surface area (Å²) in [5, 5.41) is 18.4. The number of aliphatic hydroxyl groups excluding tert-OH is 1. The highest BCUT2D eigenvalue weighted by molar-refractivity contribution is 7.97. The molecule has 1 aromatic carbocycles. The summed E-state index contributed by atoms with van der Waals surface area (Å²) in [4.78, 5) is 1.30. The molecule has 6 heteroatoms. The number of aliphatic hydroxyl groups is 1. The summed E-state index contributed by atoms with van der Waals surface area (Å²) in [7, 11) is 0. The second kappa shape index (κ2) is 6.59. The van der Waals surface area contributed by atoms with Crippen molar-refractivity contribution in [3.63, 3.8) is 0 Å². The summed E-state index contributed by atoms with van der Waals surface area (Å²) in [5.41, 5.74) is 3.40. The topological polar surface area (TPSA) is 62.1 Å². The fraction of sp³-hybridized carbons (Fsp3) is 0.550. The first kappa shape index (κ1) is 17.9. The normalized spacial score (nSPS) is 25.5. The third kappa shape index (κ3) is 3.38. The number of fused-ring (bicyclic) bond motifs is 1. The zero-order valence-electron chi connectivity index (χ0n) is 15.9. The van der Waals surface area contributed by atoms with Crippen molar-refractivity contribution in [2.24, 2.45) is 0 Å². The van der Waals surface area contributed by atoms with E-state index in [0.717, 1.165) is 36.5 Å². The van der Waals surface area contributed by atoms with Gasteiger partial charge in [-0.25, -0.2) is 4.68 Å². The highest BCUT2D eigenvalue weighted by Crippen LogP contribution is 2.39. The molecule has 0 amide bonds. The molecule has 26 heavy (non-hydrogen) atoms. The van der Waals surface area contributed by atoms with Crippen molar-refractivity contribution in [3.05, 3.63) is 35.5 Å². The SMILES string of the molecule is CC1NSc2ccc(Nc3cc([C@H]4CC[C@@H](O)C4)nn3C(C)(C)C)cc21. The van der Waals surface area contributed by atoms with Crippen molar-refractivity contribution < 1.29 is 5.11 Å². The van der Waals surface area contributed by atoms with Crippen LogP contribution in [-0.2, 0) is 5.54 Å². The molecular formula is C20H28N4OS. The number of hydrogen-bond acceptors (Lipinski definition) is 5. The van der Waals surface area contributed by atoms with Crippen LogP contribution in [-0.4, -0.2) is 21.0 Å². The molecule has 2 heterocycles. The summed E-state index contributed by atoms with van der Waals surface area (Å²) in [5.74, 6) is 1.37. The molecule has 2 aromatic rings. The lowest BCUT2D eigenvalue weighted by Gasteiger charge is -2.23. The predicted molar refractivity (Wildman–Crippen MR) is 107 cm³/mol. The maximum atomic E-state index is 9.89. The third-order valence-electron chi connectivity index (χ3n) is 5.28. The van der Waals surface area contributed by atoms with E-state index in [1.54, 1.807) is 11.9 Å². The Morgan fingerprint density at radius 2 is 2.08 bits per heavy atom. The van der Waals surface area contributed by atoms with Crippen LogP contribution in [0.4, 0.5) is 11.5 Å². The molecule has 2 aliphatic rings. The van der Waals surface area contributed by atoms with Gasteiger partial charge in [-0.05, 0) is 82.7 Å². The Morgan fingerprint density at radius 3 is 2.77 bits per heavy atom. The average Bonchev–Trinajstić information content (AvgIpc) is 3.27. The minimum absolute atomic E-state index is 0.112. The van der Waals surface area contributed by atoms with Gasteiger partial charge >= 0.3 is 0 Å². The van der Waals surface area contributed by atoms with Crippen molar-refractivity contribution in [1.29, 1.82) is 0 Å². The summed E-state index contributed by atoms with van der Waals surface area (Å²) in [6, 6.07) is 9.05. The van der Waals surface area contributed by atoms with Gasteiger partial charge in [0.15, 0.2) is 0 Å². The number of anilines is 2. The van der Waals surface area contributed by atoms with Gasteiger partial charge in [0.1, 0.15) is 5.82 Å². The van der Waals surface area contributed by atoms with Crippen LogP contribution >= 0.6 is 11.9 Å². The Hall–Kier alpha value is -1.50. The van der Waals surface area contributed by atoms with E-state index in [0.29, 0.717) is 12.0 Å². The van der Waals surface area contributed by atoms with Crippen LogP contribution < -0.4 is 10.0 Å². The van der Waals surface area contributed by atoms with Crippen molar-refractivity contribution in [2.45, 2.75) is 75.5 Å². The molecule has 5 nitrogen and oxygen atoms in total. The van der Waals surface area contributed by atoms with Crippen LogP contribution in [0.1, 0.15) is 70.2 Å². The van der Waals surface area contributed by atoms with Crippen LogP contribution in [0.5, 0.6) is 0 Å². The summed E-state index contributed by atoms with van der Waals surface area (Å²) in [6.07, 6.45) is 2.53. The quantitative estimate of drug-likeness (QED) is 0.683. The molecule has 3 N–H and O–H groups in total. The molecule has 1 aliphatic carbocycles. The molecular weight excluding hydrogens is 344 g/mol. The standard InChI is InChI=1S/C20H28N4OS/c1-12-16-10-14(6-8-18(16)26-23-12)21-19-11-17(13-5-7-15(25)9-13)22-24(19)20(2,3)4/h6,8,10-13,15,21,23,25H,5,7,9H2,1-4H3/t12?,13-,15+/m0/s1. The maximum Gasteiger partial charge on any atom is 0.129 e. The lowest BCUT2D eigenvalue weighted by Crippen LogP contribution is -2.24. The van der Waals surface area contributed by atoms with Crippen molar-refractivity contribution >= 4 is 23.5 Å². The summed E-state index contributed by atoms with van der Waals surface area (Å²) >= 11 is 1.70. The van der Waals surface area contributed by atoms with E-state index < -0.39 is 0 Å². The molecule has 0 spiro atoms. The molecule has 0 radical (unpaired) electrons. The zero-order chi connectivity index (χ0) is 18.5. The molecule has 0 bridgehead atoms. The number of hydrogen-bond donors (Lipinski definition) is 3. The Bertz CT molecular complexity index is 811. The fourth-order valence-electron chi connectivity index (χ4n) is 3.85. The van der Waals surface area contributed by atoms with E-state index in [1.807, 2.05) is 0 Å². The summed E-state index contributed by atoms with van der Waals surface area (Å²) in [6.45, 7) is 8.70. The Labute approximate surface area is 159 Å². The van der Waals surface area contributed by atoms with Crippen LogP contribution in [0, 0.1) is 0 Å². The Morgan fingerprint density at radius 1 is 1.27 bits per heavy atom. The monoisotopic (exact) mass is 372 g/mol. The van der Waals surface area contributed by atoms with E-state index in [1.165, 1.54) is 10.5 Å². The highest BCUT2D eigenvalue weighted by atomic mass is 32.2. The van der Waals surface area contributed by atoms with E-state index >= 15 is 0 Å². The largest absolute Gasteiger partial charge is 0.393 e. The molecule has 1 aliphatic heterocycles. The van der Waals surface area contributed by atoms with Gasteiger partial charge in [-0.2, -0.15) is 5.10 Å². The Kier molecular flexibility index (Phi) is 4.53. The summed E-state index contributed by atoms with van der Waals surface area (Å²) < 4.78 is 5.48. The lowest BCUT2D eigenvalue weighted by atomic mass is 10.0. The van der Waals surface area contributed by atoms with Crippen molar-refractivity contribution in [3.8, 4) is 0 Å². The number of benzene rings is 1.